The third-order valence-electron chi connectivity index (χ3n) is 6.95. The summed E-state index contributed by atoms with van der Waals surface area (Å²) in [6, 6.07) is 15.3. The highest BCUT2D eigenvalue weighted by molar-refractivity contribution is 7.92. The van der Waals surface area contributed by atoms with Crippen LogP contribution in [0.5, 0.6) is 0 Å². The van der Waals surface area contributed by atoms with Crippen LogP contribution in [-0.4, -0.2) is 64.5 Å². The summed E-state index contributed by atoms with van der Waals surface area (Å²) < 4.78 is 19.7. The average molecular weight is 582 g/mol. The van der Waals surface area contributed by atoms with Crippen LogP contribution in [0.2, 0.25) is 0 Å². The van der Waals surface area contributed by atoms with Crippen LogP contribution >= 0.6 is 0 Å². The van der Waals surface area contributed by atoms with Gasteiger partial charge in [-0.3, -0.25) is 9.78 Å². The number of nitrogens with zero attached hydrogens (tertiary/aromatic N) is 8. The first kappa shape index (κ1) is 27.5. The lowest BCUT2D eigenvalue weighted by Gasteiger charge is -2.27. The van der Waals surface area contributed by atoms with Gasteiger partial charge < -0.3 is 10.2 Å². The summed E-state index contributed by atoms with van der Waals surface area (Å²) >= 11 is 0. The fourth-order valence-electron chi connectivity index (χ4n) is 5.21. The summed E-state index contributed by atoms with van der Waals surface area (Å²) in [4.78, 5) is 34.1. The molecule has 0 spiro atoms. The Morgan fingerprint density at radius 1 is 1.12 bits per heavy atom. The maximum Gasteiger partial charge on any atom is 0.278 e. The number of rotatable bonds is 7. The summed E-state index contributed by atoms with van der Waals surface area (Å²) in [5.41, 5.74) is 5.43. The first-order chi connectivity index (χ1) is 20.2. The van der Waals surface area contributed by atoms with Gasteiger partial charge >= 0.3 is 0 Å². The zero-order valence-corrected chi connectivity index (χ0v) is 24.5. The van der Waals surface area contributed by atoms with E-state index < -0.39 is 9.73 Å². The standard InChI is InChI=1S/C30H31N9O2S/c1-5-14-38-29(40)24-18-32-30(35-28(24)39(38)27-11-8-10-26(34-27)36-42(3,4)41)33-21-16-20-19-37(2)15-12-22(20)23(17-21)25-9-6-7-13-31-25/h5-11,13,16-18H,1,12,14-15,19H2,2-4H3,(H,32,33,35). The fourth-order valence-corrected chi connectivity index (χ4v) is 5.76. The van der Waals surface area contributed by atoms with Crippen molar-refractivity contribution in [3.63, 3.8) is 0 Å². The largest absolute Gasteiger partial charge is 0.324 e. The SMILES string of the molecule is C=CCn1c(=O)c2cnc(Nc3cc4c(c(-c5ccccn5)c3)CCN(C)C4)nc2n1-c1cccc(N=S(C)(C)=O)n1. The van der Waals surface area contributed by atoms with Crippen molar-refractivity contribution >= 4 is 38.2 Å². The molecular formula is C30H31N9O2S. The molecule has 12 heteroatoms. The second kappa shape index (κ2) is 11.0. The molecule has 214 valence electrons. The Balaban J connectivity index is 1.48. The smallest absolute Gasteiger partial charge is 0.278 e. The molecule has 1 aliphatic rings. The number of hydrogen-bond donors (Lipinski definition) is 1. The number of aromatic nitrogens is 6. The Kier molecular flexibility index (Phi) is 7.17. The van der Waals surface area contributed by atoms with E-state index in [9.17, 15) is 9.00 Å². The van der Waals surface area contributed by atoms with Crippen LogP contribution in [-0.2, 0) is 29.2 Å². The number of allylic oxidation sites excluding steroid dienone is 1. The maximum absolute atomic E-state index is 13.4. The zero-order valence-electron chi connectivity index (χ0n) is 23.7. The van der Waals surface area contributed by atoms with Gasteiger partial charge in [0.1, 0.15) is 5.39 Å². The summed E-state index contributed by atoms with van der Waals surface area (Å²) in [6.07, 6.45) is 8.98. The highest BCUT2D eigenvalue weighted by atomic mass is 32.2. The van der Waals surface area contributed by atoms with Gasteiger partial charge in [-0.25, -0.2) is 23.5 Å². The molecule has 1 aromatic carbocycles. The van der Waals surface area contributed by atoms with Crippen LogP contribution in [0.3, 0.4) is 0 Å². The van der Waals surface area contributed by atoms with Gasteiger partial charge in [0, 0.05) is 59.0 Å². The van der Waals surface area contributed by atoms with E-state index in [4.69, 9.17) is 4.98 Å². The van der Waals surface area contributed by atoms with Crippen molar-refractivity contribution in [2.45, 2.75) is 19.5 Å². The molecule has 42 heavy (non-hydrogen) atoms. The molecule has 5 heterocycles. The molecule has 11 nitrogen and oxygen atoms in total. The predicted octanol–water partition coefficient (Wildman–Crippen LogP) is 4.32. The molecule has 1 N–H and O–H groups in total. The Morgan fingerprint density at radius 3 is 2.74 bits per heavy atom. The molecule has 5 aromatic rings. The molecule has 0 saturated carbocycles. The van der Waals surface area contributed by atoms with Crippen molar-refractivity contribution in [2.24, 2.45) is 4.36 Å². The van der Waals surface area contributed by atoms with E-state index in [1.54, 1.807) is 47.7 Å². The Bertz CT molecular complexity index is 2000. The van der Waals surface area contributed by atoms with E-state index >= 15 is 0 Å². The molecule has 0 atom stereocenters. The molecule has 0 unspecified atom stereocenters. The van der Waals surface area contributed by atoms with Crippen molar-refractivity contribution in [1.29, 1.82) is 0 Å². The molecular weight excluding hydrogens is 550 g/mol. The molecule has 0 radical (unpaired) electrons. The van der Waals surface area contributed by atoms with Crippen LogP contribution in [0.1, 0.15) is 11.1 Å². The number of nitrogens with one attached hydrogen (secondary N) is 1. The minimum absolute atomic E-state index is 0.227. The molecule has 1 aliphatic heterocycles. The van der Waals surface area contributed by atoms with Crippen molar-refractivity contribution < 1.29 is 4.21 Å². The molecule has 0 fully saturated rings. The molecule has 4 aromatic heterocycles. The monoisotopic (exact) mass is 581 g/mol. The Hall–Kier alpha value is -4.68. The van der Waals surface area contributed by atoms with Gasteiger partial charge in [0.2, 0.25) is 5.95 Å². The van der Waals surface area contributed by atoms with E-state index in [1.165, 1.54) is 22.0 Å². The average Bonchev–Trinajstić information content (AvgIpc) is 3.22. The minimum atomic E-state index is -2.43. The maximum atomic E-state index is 13.4. The van der Waals surface area contributed by atoms with E-state index in [0.717, 1.165) is 36.5 Å². The highest BCUT2D eigenvalue weighted by Crippen LogP contribution is 2.33. The molecule has 0 bridgehead atoms. The van der Waals surface area contributed by atoms with Gasteiger partial charge in [0.15, 0.2) is 17.3 Å². The van der Waals surface area contributed by atoms with Gasteiger partial charge in [-0.1, -0.05) is 18.2 Å². The zero-order chi connectivity index (χ0) is 29.4. The first-order valence-corrected chi connectivity index (χ1v) is 15.8. The second-order valence-electron chi connectivity index (χ2n) is 10.5. The number of benzene rings is 1. The number of hydrogen-bond acceptors (Lipinski definition) is 9. The Labute approximate surface area is 243 Å². The van der Waals surface area contributed by atoms with Crippen molar-refractivity contribution in [3.05, 3.63) is 95.1 Å². The summed E-state index contributed by atoms with van der Waals surface area (Å²) in [5.74, 6) is 1.04. The number of pyridine rings is 2. The van der Waals surface area contributed by atoms with Gasteiger partial charge in [-0.2, -0.15) is 9.35 Å². The molecule has 0 amide bonds. The lowest BCUT2D eigenvalue weighted by Crippen LogP contribution is -2.27. The topological polar surface area (TPSA) is 123 Å². The third-order valence-corrected chi connectivity index (χ3v) is 7.58. The van der Waals surface area contributed by atoms with E-state index in [0.29, 0.717) is 28.6 Å². The van der Waals surface area contributed by atoms with Crippen molar-refractivity contribution in [1.82, 2.24) is 34.2 Å². The fraction of sp³-hybridized carbons (Fsp3) is 0.233. The van der Waals surface area contributed by atoms with Gasteiger partial charge in [-0.15, -0.1) is 6.58 Å². The van der Waals surface area contributed by atoms with E-state index in [2.05, 4.69) is 55.3 Å². The van der Waals surface area contributed by atoms with Crippen LogP contribution < -0.4 is 10.9 Å². The molecule has 6 rings (SSSR count). The second-order valence-corrected chi connectivity index (χ2v) is 13.1. The van der Waals surface area contributed by atoms with E-state index in [1.807, 2.05) is 18.2 Å². The highest BCUT2D eigenvalue weighted by Gasteiger charge is 2.21. The molecule has 0 saturated heterocycles. The first-order valence-electron chi connectivity index (χ1n) is 13.5. The number of likely N-dealkylation sites (N-methyl/N-ethyl adjacent to an activating group) is 1. The van der Waals surface area contributed by atoms with Crippen molar-refractivity contribution in [2.75, 3.05) is 31.4 Å². The minimum Gasteiger partial charge on any atom is -0.324 e. The normalized spacial score (nSPS) is 13.6. The number of anilines is 2. The van der Waals surface area contributed by atoms with Crippen LogP contribution in [0.4, 0.5) is 17.5 Å². The predicted molar refractivity (Wildman–Crippen MR) is 166 cm³/mol. The van der Waals surface area contributed by atoms with Crippen molar-refractivity contribution in [3.8, 4) is 17.1 Å². The summed E-state index contributed by atoms with van der Waals surface area (Å²) in [7, 11) is -0.319. The lowest BCUT2D eigenvalue weighted by molar-refractivity contribution is 0.313. The summed E-state index contributed by atoms with van der Waals surface area (Å²) in [6.45, 7) is 5.84. The van der Waals surface area contributed by atoms with E-state index in [-0.39, 0.29) is 12.1 Å². The van der Waals surface area contributed by atoms with Gasteiger partial charge in [0.25, 0.3) is 5.56 Å². The summed E-state index contributed by atoms with van der Waals surface area (Å²) in [5, 5.41) is 3.70. The van der Waals surface area contributed by atoms with Crippen LogP contribution in [0, 0.1) is 0 Å². The van der Waals surface area contributed by atoms with Crippen LogP contribution in [0.25, 0.3) is 28.1 Å². The van der Waals surface area contributed by atoms with Gasteiger partial charge in [-0.05, 0) is 61.0 Å². The number of fused-ring (bicyclic) bond motifs is 2. The van der Waals surface area contributed by atoms with Crippen LogP contribution in [0.15, 0.2) is 82.7 Å². The lowest BCUT2D eigenvalue weighted by atomic mass is 9.92. The molecule has 0 aliphatic carbocycles. The third kappa shape index (κ3) is 5.46. The quantitative estimate of drug-likeness (QED) is 0.282. The Morgan fingerprint density at radius 2 is 1.98 bits per heavy atom. The van der Waals surface area contributed by atoms with Gasteiger partial charge in [0.05, 0.1) is 12.2 Å².